The van der Waals surface area contributed by atoms with Crippen molar-refractivity contribution in [3.8, 4) is 0 Å². The fourth-order valence-corrected chi connectivity index (χ4v) is 2.16. The minimum atomic E-state index is 0.0403. The molecule has 0 atom stereocenters. The van der Waals surface area contributed by atoms with Crippen LogP contribution in [0.25, 0.3) is 10.1 Å². The van der Waals surface area contributed by atoms with E-state index in [0.29, 0.717) is 6.54 Å². The number of thiophene rings is 1. The number of nitrogens with zero attached hydrogens (tertiary/aromatic N) is 1. The van der Waals surface area contributed by atoms with Crippen molar-refractivity contribution in [2.24, 2.45) is 0 Å². The highest BCUT2D eigenvalue weighted by molar-refractivity contribution is 7.17. The molecule has 0 bridgehead atoms. The van der Waals surface area contributed by atoms with Gasteiger partial charge in [-0.25, -0.2) is 0 Å². The minimum Gasteiger partial charge on any atom is -0.311 e. The zero-order valence-corrected chi connectivity index (χ0v) is 8.89. The van der Waals surface area contributed by atoms with Crippen LogP contribution in [0.1, 0.15) is 0 Å². The summed E-state index contributed by atoms with van der Waals surface area (Å²) in [5, 5.41) is 2.70. The average molecular weight is 226 g/mol. The van der Waals surface area contributed by atoms with Crippen LogP contribution in [0.4, 0.5) is 0 Å². The van der Waals surface area contributed by atoms with Gasteiger partial charge < -0.3 is 4.57 Å². The number of halogens is 1. The van der Waals surface area contributed by atoms with Gasteiger partial charge in [-0.2, -0.15) is 0 Å². The minimum absolute atomic E-state index is 0.0403. The van der Waals surface area contributed by atoms with Crippen LogP contribution >= 0.6 is 22.9 Å². The molecule has 2 nitrogen and oxygen atoms in total. The Morgan fingerprint density at radius 3 is 3.14 bits per heavy atom. The normalized spacial score (nSPS) is 11.5. The third-order valence-electron chi connectivity index (χ3n) is 1.98. The molecular weight excluding hydrogens is 218 g/mol. The van der Waals surface area contributed by atoms with Crippen molar-refractivity contribution < 1.29 is 0 Å². The van der Waals surface area contributed by atoms with Gasteiger partial charge in [-0.15, -0.1) is 11.3 Å². The lowest BCUT2D eigenvalue weighted by Crippen LogP contribution is -2.17. The Morgan fingerprint density at radius 1 is 1.50 bits per heavy atom. The Labute approximate surface area is 90.1 Å². The standard InChI is InChI=1S/C10H8ClNOS/c11-4-1-5-12-6-2-9-8(10(12)13)3-7-14-9/h1-4,6-7H,5H2/b4-1+. The van der Waals surface area contributed by atoms with E-state index in [1.165, 1.54) is 5.54 Å². The van der Waals surface area contributed by atoms with Crippen molar-refractivity contribution in [3.63, 3.8) is 0 Å². The fraction of sp³-hybridized carbons (Fsp3) is 0.100. The highest BCUT2D eigenvalue weighted by Crippen LogP contribution is 2.15. The van der Waals surface area contributed by atoms with Gasteiger partial charge in [0.15, 0.2) is 0 Å². The Bertz CT molecular complexity index is 526. The molecule has 2 heterocycles. The lowest BCUT2D eigenvalue weighted by atomic mass is 10.3. The second-order valence-electron chi connectivity index (χ2n) is 2.83. The Morgan fingerprint density at radius 2 is 2.36 bits per heavy atom. The van der Waals surface area contributed by atoms with Gasteiger partial charge >= 0.3 is 0 Å². The molecule has 0 aliphatic carbocycles. The molecule has 0 fully saturated rings. The second-order valence-corrected chi connectivity index (χ2v) is 4.03. The molecule has 14 heavy (non-hydrogen) atoms. The highest BCUT2D eigenvalue weighted by Gasteiger charge is 2.01. The Kier molecular flexibility index (Phi) is 2.70. The van der Waals surface area contributed by atoms with Crippen LogP contribution in [0.15, 0.2) is 40.1 Å². The third-order valence-corrected chi connectivity index (χ3v) is 3.04. The molecule has 4 heteroatoms. The van der Waals surface area contributed by atoms with E-state index >= 15 is 0 Å². The number of rotatable bonds is 2. The second kappa shape index (κ2) is 3.98. The number of hydrogen-bond acceptors (Lipinski definition) is 2. The Balaban J connectivity index is 2.56. The first-order chi connectivity index (χ1) is 6.83. The van der Waals surface area contributed by atoms with Crippen LogP contribution in [0, 0.1) is 0 Å². The first-order valence-electron chi connectivity index (χ1n) is 4.15. The molecule has 0 aliphatic heterocycles. The van der Waals surface area contributed by atoms with Gasteiger partial charge in [0.1, 0.15) is 0 Å². The predicted molar refractivity (Wildman–Crippen MR) is 61.1 cm³/mol. The average Bonchev–Trinajstić information content (AvgIpc) is 2.66. The Hall–Kier alpha value is -1.06. The lowest BCUT2D eigenvalue weighted by Gasteiger charge is -2.00. The molecule has 0 unspecified atom stereocenters. The number of fused-ring (bicyclic) bond motifs is 1. The summed E-state index contributed by atoms with van der Waals surface area (Å²) in [7, 11) is 0. The first kappa shape index (κ1) is 9.49. The number of hydrogen-bond donors (Lipinski definition) is 0. The van der Waals surface area contributed by atoms with E-state index in [-0.39, 0.29) is 5.56 Å². The molecule has 2 aromatic rings. The van der Waals surface area contributed by atoms with Crippen molar-refractivity contribution in [1.29, 1.82) is 0 Å². The maximum absolute atomic E-state index is 11.8. The molecule has 0 spiro atoms. The van der Waals surface area contributed by atoms with Gasteiger partial charge in [0.2, 0.25) is 0 Å². The molecule has 72 valence electrons. The van der Waals surface area contributed by atoms with Crippen LogP contribution < -0.4 is 5.56 Å². The molecular formula is C10H8ClNOS. The summed E-state index contributed by atoms with van der Waals surface area (Å²) in [5.41, 5.74) is 1.46. The van der Waals surface area contributed by atoms with E-state index in [2.05, 4.69) is 0 Å². The summed E-state index contributed by atoms with van der Waals surface area (Å²) in [6.07, 6.45) is 3.53. The van der Waals surface area contributed by atoms with Gasteiger partial charge in [0, 0.05) is 23.0 Å². The molecule has 0 radical (unpaired) electrons. The van der Waals surface area contributed by atoms with Crippen LogP contribution in [0.2, 0.25) is 0 Å². The summed E-state index contributed by atoms with van der Waals surface area (Å²) >= 11 is 6.98. The number of aromatic nitrogens is 1. The molecule has 2 aromatic heterocycles. The van der Waals surface area contributed by atoms with Crippen LogP contribution in [-0.2, 0) is 6.54 Å². The quantitative estimate of drug-likeness (QED) is 0.771. The summed E-state index contributed by atoms with van der Waals surface area (Å²) < 4.78 is 2.66. The molecule has 0 saturated carbocycles. The molecule has 0 saturated heterocycles. The number of pyridine rings is 1. The smallest absolute Gasteiger partial charge is 0.259 e. The van der Waals surface area contributed by atoms with Gasteiger partial charge in [0.25, 0.3) is 5.56 Å². The van der Waals surface area contributed by atoms with E-state index in [4.69, 9.17) is 11.6 Å². The van der Waals surface area contributed by atoms with Crippen molar-refractivity contribution in [3.05, 3.63) is 45.7 Å². The zero-order chi connectivity index (χ0) is 9.97. The van der Waals surface area contributed by atoms with Gasteiger partial charge in [0.05, 0.1) is 5.39 Å². The molecule has 0 aliphatic rings. The summed E-state index contributed by atoms with van der Waals surface area (Å²) in [5.74, 6) is 0. The summed E-state index contributed by atoms with van der Waals surface area (Å²) in [4.78, 5) is 11.8. The molecule has 0 N–H and O–H groups in total. The highest BCUT2D eigenvalue weighted by atomic mass is 35.5. The van der Waals surface area contributed by atoms with E-state index in [1.54, 1.807) is 28.2 Å². The molecule has 2 rings (SSSR count). The molecule has 0 aromatic carbocycles. The fourth-order valence-electron chi connectivity index (χ4n) is 1.30. The summed E-state index contributed by atoms with van der Waals surface area (Å²) in [6, 6.07) is 3.80. The largest absolute Gasteiger partial charge is 0.311 e. The SMILES string of the molecule is O=c1c2ccsc2ccn1C/C=C/Cl. The van der Waals surface area contributed by atoms with E-state index in [9.17, 15) is 4.79 Å². The monoisotopic (exact) mass is 225 g/mol. The topological polar surface area (TPSA) is 22.0 Å². The first-order valence-corrected chi connectivity index (χ1v) is 5.46. The van der Waals surface area contributed by atoms with Crippen molar-refractivity contribution >= 4 is 33.0 Å². The van der Waals surface area contributed by atoms with E-state index in [1.807, 2.05) is 17.5 Å². The zero-order valence-electron chi connectivity index (χ0n) is 7.31. The van der Waals surface area contributed by atoms with Crippen LogP contribution in [0.3, 0.4) is 0 Å². The van der Waals surface area contributed by atoms with E-state index in [0.717, 1.165) is 10.1 Å². The number of allylic oxidation sites excluding steroid dienone is 1. The van der Waals surface area contributed by atoms with Crippen LogP contribution in [-0.4, -0.2) is 4.57 Å². The summed E-state index contributed by atoms with van der Waals surface area (Å²) in [6.45, 7) is 0.522. The lowest BCUT2D eigenvalue weighted by molar-refractivity contribution is 0.790. The van der Waals surface area contributed by atoms with Crippen molar-refractivity contribution in [1.82, 2.24) is 4.57 Å². The predicted octanol–water partition coefficient (Wildman–Crippen LogP) is 2.82. The van der Waals surface area contributed by atoms with Gasteiger partial charge in [-0.1, -0.05) is 17.7 Å². The third kappa shape index (κ3) is 1.61. The van der Waals surface area contributed by atoms with Gasteiger partial charge in [-0.3, -0.25) is 4.79 Å². The van der Waals surface area contributed by atoms with Gasteiger partial charge in [-0.05, 0) is 17.5 Å². The van der Waals surface area contributed by atoms with E-state index < -0.39 is 0 Å². The van der Waals surface area contributed by atoms with Crippen LogP contribution in [0.5, 0.6) is 0 Å². The maximum Gasteiger partial charge on any atom is 0.259 e. The maximum atomic E-state index is 11.8. The van der Waals surface area contributed by atoms with Crippen molar-refractivity contribution in [2.45, 2.75) is 6.54 Å². The molecule has 0 amide bonds. The van der Waals surface area contributed by atoms with Crippen molar-refractivity contribution in [2.75, 3.05) is 0 Å².